The Hall–Kier alpha value is -1.10. The largest absolute Gasteiger partial charge is 0.480 e. The highest BCUT2D eigenvalue weighted by atomic mass is 16.4. The number of carbonyl (C=O) groups is 2. The van der Waals surface area contributed by atoms with Crippen molar-refractivity contribution in [1.82, 2.24) is 5.32 Å². The molecule has 1 fully saturated rings. The van der Waals surface area contributed by atoms with E-state index in [1.54, 1.807) is 0 Å². The fourth-order valence-corrected chi connectivity index (χ4v) is 0.863. The second-order valence-electron chi connectivity index (χ2n) is 2.15. The van der Waals surface area contributed by atoms with E-state index in [0.29, 0.717) is 0 Å². The monoisotopic (exact) mass is 145 g/mol. The van der Waals surface area contributed by atoms with Crippen molar-refractivity contribution in [2.24, 2.45) is 0 Å². The minimum absolute atomic E-state index is 0.114. The van der Waals surface area contributed by atoms with Crippen molar-refractivity contribution in [2.75, 3.05) is 0 Å². The number of rotatable bonds is 1. The van der Waals surface area contributed by atoms with Gasteiger partial charge in [-0.05, 0) is 0 Å². The van der Waals surface area contributed by atoms with Gasteiger partial charge in [-0.1, -0.05) is 0 Å². The van der Waals surface area contributed by atoms with Gasteiger partial charge in [-0.15, -0.1) is 0 Å². The van der Waals surface area contributed by atoms with Gasteiger partial charge in [0.25, 0.3) is 0 Å². The molecule has 1 heterocycles. The number of hydrogen-bond acceptors (Lipinski definition) is 3. The van der Waals surface area contributed by atoms with Crippen LogP contribution in [0.4, 0.5) is 0 Å². The second kappa shape index (κ2) is 2.26. The van der Waals surface area contributed by atoms with Crippen LogP contribution in [0.1, 0.15) is 6.42 Å². The number of carbonyl (C=O) groups excluding carboxylic acids is 1. The lowest BCUT2D eigenvalue weighted by molar-refractivity contribution is -0.141. The summed E-state index contributed by atoms with van der Waals surface area (Å²) in [7, 11) is 0. The number of carboxylic acids is 1. The van der Waals surface area contributed by atoms with Gasteiger partial charge in [0.05, 0.1) is 12.5 Å². The van der Waals surface area contributed by atoms with E-state index >= 15 is 0 Å². The van der Waals surface area contributed by atoms with Gasteiger partial charge in [-0.3, -0.25) is 4.79 Å². The Morgan fingerprint density at radius 1 is 1.70 bits per heavy atom. The van der Waals surface area contributed by atoms with Crippen molar-refractivity contribution in [2.45, 2.75) is 18.6 Å². The first-order valence-electron chi connectivity index (χ1n) is 2.81. The molecule has 10 heavy (non-hydrogen) atoms. The number of hydrogen-bond donors (Lipinski definition) is 3. The molecule has 0 aromatic rings. The number of aliphatic hydroxyl groups is 1. The fraction of sp³-hybridized carbons (Fsp3) is 0.600. The zero-order valence-electron chi connectivity index (χ0n) is 5.07. The Morgan fingerprint density at radius 3 is 2.50 bits per heavy atom. The molecule has 1 aliphatic heterocycles. The predicted octanol–water partition coefficient (Wildman–Crippen LogP) is -1.68. The van der Waals surface area contributed by atoms with Gasteiger partial charge < -0.3 is 15.5 Å². The number of aliphatic hydroxyl groups excluding tert-OH is 1. The maximum atomic E-state index is 10.4. The summed E-state index contributed by atoms with van der Waals surface area (Å²) in [6.07, 6.45) is -1.19. The molecule has 5 nitrogen and oxygen atoms in total. The Bertz CT molecular complexity index is 178. The Balaban J connectivity index is 2.63. The van der Waals surface area contributed by atoms with Crippen LogP contribution >= 0.6 is 0 Å². The van der Waals surface area contributed by atoms with Crippen LogP contribution in [0.15, 0.2) is 0 Å². The zero-order chi connectivity index (χ0) is 7.72. The molecule has 0 radical (unpaired) electrons. The highest BCUT2D eigenvalue weighted by Crippen LogP contribution is 2.07. The summed E-state index contributed by atoms with van der Waals surface area (Å²) in [4.78, 5) is 20.6. The third-order valence-corrected chi connectivity index (χ3v) is 1.36. The SMILES string of the molecule is O=C1C[C@H](O)[C@@H](C(=O)O)N1. The van der Waals surface area contributed by atoms with E-state index < -0.39 is 24.0 Å². The topological polar surface area (TPSA) is 86.6 Å². The standard InChI is InChI=1S/C5H7NO4/c7-2-1-3(8)6-4(2)5(9)10/h2,4,7H,1H2,(H,6,8)(H,9,10)/t2-,4-/m0/s1. The van der Waals surface area contributed by atoms with Crippen molar-refractivity contribution in [3.8, 4) is 0 Å². The van der Waals surface area contributed by atoms with Gasteiger partial charge in [0.2, 0.25) is 5.91 Å². The van der Waals surface area contributed by atoms with E-state index in [1.165, 1.54) is 0 Å². The maximum Gasteiger partial charge on any atom is 0.328 e. The van der Waals surface area contributed by atoms with Gasteiger partial charge in [0.15, 0.2) is 6.04 Å². The predicted molar refractivity (Wildman–Crippen MR) is 30.2 cm³/mol. The third-order valence-electron chi connectivity index (χ3n) is 1.36. The lowest BCUT2D eigenvalue weighted by Gasteiger charge is -2.06. The summed E-state index contributed by atoms with van der Waals surface area (Å²) >= 11 is 0. The Kier molecular flexibility index (Phi) is 1.58. The highest BCUT2D eigenvalue weighted by Gasteiger charge is 2.35. The molecule has 0 aromatic heterocycles. The molecule has 1 amide bonds. The highest BCUT2D eigenvalue weighted by molar-refractivity contribution is 5.88. The fourth-order valence-electron chi connectivity index (χ4n) is 0.863. The quantitative estimate of drug-likeness (QED) is 0.411. The Labute approximate surface area is 56.7 Å². The first kappa shape index (κ1) is 7.01. The first-order chi connectivity index (χ1) is 4.61. The molecule has 1 saturated heterocycles. The molecule has 5 heteroatoms. The molecule has 1 aliphatic rings. The van der Waals surface area contributed by atoms with Crippen LogP contribution < -0.4 is 5.32 Å². The van der Waals surface area contributed by atoms with Gasteiger partial charge in [-0.2, -0.15) is 0 Å². The Morgan fingerprint density at radius 2 is 2.30 bits per heavy atom. The molecule has 0 aliphatic carbocycles. The molecule has 0 aromatic carbocycles. The molecule has 3 N–H and O–H groups in total. The van der Waals surface area contributed by atoms with Crippen molar-refractivity contribution in [3.63, 3.8) is 0 Å². The smallest absolute Gasteiger partial charge is 0.328 e. The summed E-state index contributed by atoms with van der Waals surface area (Å²) in [6.45, 7) is 0. The van der Waals surface area contributed by atoms with Crippen LogP contribution in [-0.4, -0.2) is 34.2 Å². The molecular weight excluding hydrogens is 138 g/mol. The van der Waals surface area contributed by atoms with Crippen LogP contribution in [0.2, 0.25) is 0 Å². The average molecular weight is 145 g/mol. The summed E-state index contributed by atoms with van der Waals surface area (Å²) in [5.41, 5.74) is 0. The van der Waals surface area contributed by atoms with Gasteiger partial charge in [0, 0.05) is 0 Å². The van der Waals surface area contributed by atoms with Gasteiger partial charge >= 0.3 is 5.97 Å². The molecule has 56 valence electrons. The van der Waals surface area contributed by atoms with E-state index in [4.69, 9.17) is 10.2 Å². The molecule has 2 atom stereocenters. The average Bonchev–Trinajstić information content (AvgIpc) is 2.10. The van der Waals surface area contributed by atoms with E-state index in [2.05, 4.69) is 5.32 Å². The molecule has 0 bridgehead atoms. The van der Waals surface area contributed by atoms with Crippen molar-refractivity contribution in [1.29, 1.82) is 0 Å². The van der Waals surface area contributed by atoms with E-state index in [-0.39, 0.29) is 6.42 Å². The van der Waals surface area contributed by atoms with E-state index in [9.17, 15) is 9.59 Å². The molecular formula is C5H7NO4. The number of carboxylic acid groups (broad SMARTS) is 1. The first-order valence-corrected chi connectivity index (χ1v) is 2.81. The van der Waals surface area contributed by atoms with Gasteiger partial charge in [0.1, 0.15) is 0 Å². The summed E-state index contributed by atoms with van der Waals surface area (Å²) in [5, 5.41) is 19.3. The van der Waals surface area contributed by atoms with Crippen LogP contribution in [0.25, 0.3) is 0 Å². The van der Waals surface area contributed by atoms with E-state index in [1.807, 2.05) is 0 Å². The molecule has 0 unspecified atom stereocenters. The zero-order valence-corrected chi connectivity index (χ0v) is 5.07. The van der Waals surface area contributed by atoms with Crippen LogP contribution in [0.5, 0.6) is 0 Å². The maximum absolute atomic E-state index is 10.4. The van der Waals surface area contributed by atoms with Crippen LogP contribution in [-0.2, 0) is 9.59 Å². The van der Waals surface area contributed by atoms with Crippen LogP contribution in [0, 0.1) is 0 Å². The minimum Gasteiger partial charge on any atom is -0.480 e. The third kappa shape index (κ3) is 1.08. The number of amides is 1. The number of nitrogens with one attached hydrogen (secondary N) is 1. The van der Waals surface area contributed by atoms with E-state index in [0.717, 1.165) is 0 Å². The molecule has 0 saturated carbocycles. The van der Waals surface area contributed by atoms with Crippen molar-refractivity contribution < 1.29 is 19.8 Å². The summed E-state index contributed by atoms with van der Waals surface area (Å²) in [5.74, 6) is -1.61. The minimum atomic E-state index is -1.20. The normalized spacial score (nSPS) is 31.9. The summed E-state index contributed by atoms with van der Waals surface area (Å²) < 4.78 is 0. The van der Waals surface area contributed by atoms with Crippen molar-refractivity contribution >= 4 is 11.9 Å². The van der Waals surface area contributed by atoms with Crippen molar-refractivity contribution in [3.05, 3.63) is 0 Å². The summed E-state index contributed by atoms with van der Waals surface area (Å²) in [6, 6.07) is -1.12. The lowest BCUT2D eigenvalue weighted by Crippen LogP contribution is -2.39. The lowest BCUT2D eigenvalue weighted by atomic mass is 10.2. The second-order valence-corrected chi connectivity index (χ2v) is 2.15. The van der Waals surface area contributed by atoms with Crippen LogP contribution in [0.3, 0.4) is 0 Å². The molecule has 1 rings (SSSR count). The number of aliphatic carboxylic acids is 1. The van der Waals surface area contributed by atoms with Gasteiger partial charge in [-0.25, -0.2) is 4.79 Å². The molecule has 0 spiro atoms.